The summed E-state index contributed by atoms with van der Waals surface area (Å²) in [7, 11) is -1.94. The van der Waals surface area contributed by atoms with Crippen molar-refractivity contribution in [3.05, 3.63) is 60.2 Å². The minimum atomic E-state index is -3.51. The summed E-state index contributed by atoms with van der Waals surface area (Å²) in [6.07, 6.45) is 1.55. The molecule has 0 saturated carbocycles. The number of nitrogens with zero attached hydrogens (tertiary/aromatic N) is 2. The maximum Gasteiger partial charge on any atom is 0.242 e. The fourth-order valence-corrected chi connectivity index (χ4v) is 4.59. The first-order valence-electron chi connectivity index (χ1n) is 11.6. The quantitative estimate of drug-likeness (QED) is 0.506. The summed E-state index contributed by atoms with van der Waals surface area (Å²) in [5.74, 6) is 0.176. The molecule has 0 radical (unpaired) electrons. The number of para-hydroxylation sites is 1. The van der Waals surface area contributed by atoms with Gasteiger partial charge in [0.15, 0.2) is 0 Å². The number of nitrogens with one attached hydrogen (secondary N) is 1. The topological polar surface area (TPSA) is 96.0 Å². The lowest BCUT2D eigenvalue weighted by Gasteiger charge is -2.32. The molecule has 2 rings (SSSR count). The Morgan fingerprint density at radius 2 is 1.71 bits per heavy atom. The third kappa shape index (κ3) is 8.90. The fourth-order valence-electron chi connectivity index (χ4n) is 3.62. The Hall–Kier alpha value is -3.07. The molecule has 1 atom stereocenters. The van der Waals surface area contributed by atoms with Gasteiger partial charge in [0.25, 0.3) is 0 Å². The first-order chi connectivity index (χ1) is 16.3. The number of anilines is 1. The van der Waals surface area contributed by atoms with Gasteiger partial charge < -0.3 is 15.0 Å². The van der Waals surface area contributed by atoms with Gasteiger partial charge in [0, 0.05) is 25.0 Å². The molecular formula is C26H37N3O5S. The molecule has 8 nitrogen and oxygen atoms in total. The van der Waals surface area contributed by atoms with Gasteiger partial charge in [-0.25, -0.2) is 8.42 Å². The van der Waals surface area contributed by atoms with Crippen LogP contribution in [0.15, 0.2) is 54.6 Å². The zero-order chi connectivity index (χ0) is 26.2. The van der Waals surface area contributed by atoms with Crippen molar-refractivity contribution in [2.45, 2.75) is 58.7 Å². The van der Waals surface area contributed by atoms with Crippen LogP contribution in [0.25, 0.3) is 0 Å². The minimum Gasteiger partial charge on any atom is -0.497 e. The third-order valence-corrected chi connectivity index (χ3v) is 6.54. The number of methoxy groups -OCH3 is 1. The van der Waals surface area contributed by atoms with E-state index in [2.05, 4.69) is 5.32 Å². The minimum absolute atomic E-state index is 0.0932. The average Bonchev–Trinajstić information content (AvgIpc) is 2.78. The van der Waals surface area contributed by atoms with E-state index >= 15 is 0 Å². The van der Waals surface area contributed by atoms with Crippen molar-refractivity contribution in [2.24, 2.45) is 0 Å². The van der Waals surface area contributed by atoms with Gasteiger partial charge in [0.2, 0.25) is 21.8 Å². The summed E-state index contributed by atoms with van der Waals surface area (Å²) in [6.45, 7) is 7.74. The molecule has 2 aromatic rings. The Kier molecular flexibility index (Phi) is 9.71. The molecule has 0 bridgehead atoms. The molecule has 0 heterocycles. The van der Waals surface area contributed by atoms with Crippen molar-refractivity contribution in [1.29, 1.82) is 0 Å². The van der Waals surface area contributed by atoms with Crippen LogP contribution in [0, 0.1) is 0 Å². The molecule has 0 fully saturated rings. The van der Waals surface area contributed by atoms with Gasteiger partial charge in [0.1, 0.15) is 11.8 Å². The number of carbonyl (C=O) groups excluding carboxylic acids is 2. The van der Waals surface area contributed by atoms with E-state index in [1.54, 1.807) is 38.3 Å². The smallest absolute Gasteiger partial charge is 0.242 e. The maximum absolute atomic E-state index is 13.3. The first kappa shape index (κ1) is 28.2. The average molecular weight is 504 g/mol. The number of rotatable bonds is 11. The van der Waals surface area contributed by atoms with Gasteiger partial charge in [-0.2, -0.15) is 0 Å². The van der Waals surface area contributed by atoms with E-state index in [0.29, 0.717) is 17.9 Å². The molecule has 0 unspecified atom stereocenters. The molecule has 35 heavy (non-hydrogen) atoms. The summed E-state index contributed by atoms with van der Waals surface area (Å²) >= 11 is 0. The number of hydrogen-bond acceptors (Lipinski definition) is 5. The molecule has 0 saturated heterocycles. The van der Waals surface area contributed by atoms with Gasteiger partial charge in [-0.1, -0.05) is 30.3 Å². The van der Waals surface area contributed by atoms with Crippen molar-refractivity contribution in [2.75, 3.05) is 24.2 Å². The van der Waals surface area contributed by atoms with Crippen molar-refractivity contribution in [3.8, 4) is 5.75 Å². The van der Waals surface area contributed by atoms with Crippen molar-refractivity contribution in [1.82, 2.24) is 10.2 Å². The van der Waals surface area contributed by atoms with Gasteiger partial charge in [-0.3, -0.25) is 13.9 Å². The normalized spacial score (nSPS) is 12.5. The van der Waals surface area contributed by atoms with Crippen LogP contribution in [-0.4, -0.2) is 56.6 Å². The molecule has 0 spiro atoms. The summed E-state index contributed by atoms with van der Waals surface area (Å²) in [5, 5.41) is 2.93. The predicted octanol–water partition coefficient (Wildman–Crippen LogP) is 3.57. The molecule has 2 aromatic carbocycles. The van der Waals surface area contributed by atoms with Crippen molar-refractivity contribution < 1.29 is 22.7 Å². The summed E-state index contributed by atoms with van der Waals surface area (Å²) < 4.78 is 31.3. The monoisotopic (exact) mass is 503 g/mol. The highest BCUT2D eigenvalue weighted by Crippen LogP contribution is 2.20. The van der Waals surface area contributed by atoms with Crippen LogP contribution in [0.3, 0.4) is 0 Å². The molecular weight excluding hydrogens is 466 g/mol. The lowest BCUT2D eigenvalue weighted by Crippen LogP contribution is -2.52. The Balaban J connectivity index is 2.19. The summed E-state index contributed by atoms with van der Waals surface area (Å²) in [5.41, 5.74) is 0.936. The third-order valence-electron chi connectivity index (χ3n) is 5.35. The largest absolute Gasteiger partial charge is 0.497 e. The van der Waals surface area contributed by atoms with E-state index < -0.39 is 21.6 Å². The van der Waals surface area contributed by atoms with E-state index in [4.69, 9.17) is 4.74 Å². The van der Waals surface area contributed by atoms with E-state index in [1.807, 2.05) is 51.1 Å². The van der Waals surface area contributed by atoms with Gasteiger partial charge >= 0.3 is 0 Å². The molecule has 0 aromatic heterocycles. The van der Waals surface area contributed by atoms with Gasteiger partial charge in [-0.05, 0) is 63.9 Å². The van der Waals surface area contributed by atoms with E-state index in [0.717, 1.165) is 11.8 Å². The molecule has 0 aliphatic carbocycles. The Bertz CT molecular complexity index is 1100. The van der Waals surface area contributed by atoms with Crippen LogP contribution >= 0.6 is 0 Å². The van der Waals surface area contributed by atoms with Crippen LogP contribution in [-0.2, 0) is 26.2 Å². The standard InChI is InChI=1S/C26H37N3O5S/c1-20(25(31)27-26(2,3)4)28(19-21-12-10-15-23(18-21)34-5)24(30)16-11-17-29(35(6,32)33)22-13-8-7-9-14-22/h7-10,12-15,18,20H,11,16-17,19H2,1-6H3,(H,27,31)/t20-/m1/s1. The van der Waals surface area contributed by atoms with Crippen molar-refractivity contribution >= 4 is 27.5 Å². The maximum atomic E-state index is 13.3. The molecule has 1 N–H and O–H groups in total. The zero-order valence-electron chi connectivity index (χ0n) is 21.4. The summed E-state index contributed by atoms with van der Waals surface area (Å²) in [4.78, 5) is 27.8. The molecule has 9 heteroatoms. The lowest BCUT2D eigenvalue weighted by atomic mass is 10.1. The predicted molar refractivity (Wildman–Crippen MR) is 139 cm³/mol. The zero-order valence-corrected chi connectivity index (χ0v) is 22.3. The summed E-state index contributed by atoms with van der Waals surface area (Å²) in [6, 6.07) is 15.4. The number of sulfonamides is 1. The number of carbonyl (C=O) groups is 2. The fraction of sp³-hybridized carbons (Fsp3) is 0.462. The van der Waals surface area contributed by atoms with Crippen LogP contribution in [0.4, 0.5) is 5.69 Å². The highest BCUT2D eigenvalue weighted by Gasteiger charge is 2.28. The van der Waals surface area contributed by atoms with Crippen LogP contribution in [0.2, 0.25) is 0 Å². The van der Waals surface area contributed by atoms with Gasteiger partial charge in [-0.15, -0.1) is 0 Å². The molecule has 0 aliphatic heterocycles. The number of ether oxygens (including phenoxy) is 1. The number of hydrogen-bond donors (Lipinski definition) is 1. The number of amides is 2. The van der Waals surface area contributed by atoms with Crippen LogP contribution < -0.4 is 14.4 Å². The number of benzene rings is 2. The first-order valence-corrected chi connectivity index (χ1v) is 13.4. The SMILES string of the molecule is COc1cccc(CN(C(=O)CCCN(c2ccccc2)S(C)(=O)=O)[C@H](C)C(=O)NC(C)(C)C)c1. The highest BCUT2D eigenvalue weighted by molar-refractivity contribution is 7.92. The lowest BCUT2D eigenvalue weighted by molar-refractivity contribution is -0.141. The molecule has 2 amide bonds. The van der Waals surface area contributed by atoms with Crippen LogP contribution in [0.1, 0.15) is 46.1 Å². The van der Waals surface area contributed by atoms with E-state index in [1.165, 1.54) is 9.21 Å². The van der Waals surface area contributed by atoms with E-state index in [-0.39, 0.29) is 31.3 Å². The second kappa shape index (κ2) is 12.1. The Labute approximate surface area is 209 Å². The Morgan fingerprint density at radius 3 is 2.29 bits per heavy atom. The Morgan fingerprint density at radius 1 is 1.06 bits per heavy atom. The van der Waals surface area contributed by atoms with Crippen molar-refractivity contribution in [3.63, 3.8) is 0 Å². The van der Waals surface area contributed by atoms with Crippen LogP contribution in [0.5, 0.6) is 5.75 Å². The van der Waals surface area contributed by atoms with Gasteiger partial charge in [0.05, 0.1) is 19.1 Å². The van der Waals surface area contributed by atoms with E-state index in [9.17, 15) is 18.0 Å². The molecule has 0 aliphatic rings. The second-order valence-electron chi connectivity index (χ2n) is 9.56. The molecule has 192 valence electrons. The highest BCUT2D eigenvalue weighted by atomic mass is 32.2. The second-order valence-corrected chi connectivity index (χ2v) is 11.5.